The Hall–Kier alpha value is -1.54. The average molecular weight is 680 g/mol. The topological polar surface area (TPSA) is 87.7 Å². The first-order valence-electron chi connectivity index (χ1n) is 14.3. The molecule has 1 aromatic heterocycles. The molecule has 0 spiro atoms. The summed E-state index contributed by atoms with van der Waals surface area (Å²) >= 11 is 5.42. The van der Waals surface area contributed by atoms with E-state index in [9.17, 15) is 16.8 Å². The molecule has 0 unspecified atom stereocenters. The lowest BCUT2D eigenvalue weighted by molar-refractivity contribution is 0.341. The summed E-state index contributed by atoms with van der Waals surface area (Å²) in [5, 5.41) is 0. The second-order valence-electron chi connectivity index (χ2n) is 10.8. The number of hydrogen-bond donors (Lipinski definition) is 0. The maximum absolute atomic E-state index is 13.9. The molecule has 2 heterocycles. The number of aryl methyl sites for hydroxylation is 2. The zero-order valence-corrected chi connectivity index (χ0v) is 29.3. The first-order valence-corrected chi connectivity index (χ1v) is 20.7. The van der Waals surface area contributed by atoms with Gasteiger partial charge in [-0.05, 0) is 64.1 Å². The Morgan fingerprint density at radius 3 is 1.37 bits per heavy atom. The van der Waals surface area contributed by atoms with E-state index in [0.717, 1.165) is 34.1 Å². The van der Waals surface area contributed by atoms with Crippen molar-refractivity contribution < 1.29 is 16.8 Å². The lowest BCUT2D eigenvalue weighted by Gasteiger charge is -2.29. The molecule has 12 heteroatoms. The fourth-order valence-corrected chi connectivity index (χ4v) is 11.5. The highest BCUT2D eigenvalue weighted by Gasteiger charge is 2.32. The first-order chi connectivity index (χ1) is 20.5. The number of hydrogen-bond acceptors (Lipinski definition) is 8. The van der Waals surface area contributed by atoms with Gasteiger partial charge in [0, 0.05) is 46.6 Å². The van der Waals surface area contributed by atoms with Gasteiger partial charge < -0.3 is 0 Å². The van der Waals surface area contributed by atoms with Crippen LogP contribution in [0.5, 0.6) is 0 Å². The Morgan fingerprint density at radius 1 is 0.605 bits per heavy atom. The summed E-state index contributed by atoms with van der Waals surface area (Å²) in [5.74, 6) is 5.17. The number of pyridine rings is 1. The summed E-state index contributed by atoms with van der Waals surface area (Å²) in [6.07, 6.45) is 0. The molecule has 0 saturated carbocycles. The van der Waals surface area contributed by atoms with Crippen LogP contribution in [0.4, 0.5) is 0 Å². The molecule has 43 heavy (non-hydrogen) atoms. The average Bonchev–Trinajstić information content (AvgIpc) is 2.97. The zero-order chi connectivity index (χ0) is 31.0. The van der Waals surface area contributed by atoms with Gasteiger partial charge in [-0.25, -0.2) is 16.8 Å². The lowest BCUT2D eigenvalue weighted by Crippen LogP contribution is -2.40. The SMILES string of the molecule is Cc1ccc(S(=O)(=O)N2Cc3cccc(n3)CN(S(=O)(=O)c3ccc(C)cc3)[C@@H](C)CSCCSCCSC[C@@H]2C)cc1. The zero-order valence-electron chi connectivity index (χ0n) is 25.2. The fourth-order valence-electron chi connectivity index (χ4n) is 4.68. The highest BCUT2D eigenvalue weighted by atomic mass is 32.2. The number of benzene rings is 2. The van der Waals surface area contributed by atoms with E-state index in [1.165, 1.54) is 8.61 Å². The summed E-state index contributed by atoms with van der Waals surface area (Å²) in [6, 6.07) is 18.8. The summed E-state index contributed by atoms with van der Waals surface area (Å²) in [4.78, 5) is 5.33. The standard InChI is InChI=1S/C31H41N3O4S5/c1-24-8-12-30(13-9-24)42(35,36)33-20-28-6-5-7-29(32-28)21-34(43(37,38)31-14-10-25(2)11-15-31)27(4)23-41-19-17-39-16-18-40-22-26(33)3/h5-15,26-27H,16-23H2,1-4H3/t26-,27-/m0/s1. The van der Waals surface area contributed by atoms with Crippen LogP contribution in [-0.4, -0.2) is 77.0 Å². The molecule has 0 N–H and O–H groups in total. The van der Waals surface area contributed by atoms with E-state index in [-0.39, 0.29) is 35.0 Å². The Morgan fingerprint density at radius 2 is 0.977 bits per heavy atom. The highest BCUT2D eigenvalue weighted by molar-refractivity contribution is 8.04. The minimum atomic E-state index is -3.80. The van der Waals surface area contributed by atoms with E-state index in [1.807, 2.05) is 81.9 Å². The number of fused-ring (bicyclic) bond motifs is 2. The molecule has 4 rings (SSSR count). The van der Waals surface area contributed by atoms with Crippen molar-refractivity contribution >= 4 is 55.3 Å². The molecule has 0 radical (unpaired) electrons. The van der Waals surface area contributed by atoms with E-state index >= 15 is 0 Å². The number of sulfonamides is 2. The van der Waals surface area contributed by atoms with Gasteiger partial charge in [-0.2, -0.15) is 43.9 Å². The molecule has 0 fully saturated rings. The monoisotopic (exact) mass is 679 g/mol. The number of aromatic nitrogens is 1. The van der Waals surface area contributed by atoms with Gasteiger partial charge >= 0.3 is 0 Å². The molecule has 1 aliphatic rings. The van der Waals surface area contributed by atoms with Gasteiger partial charge in [0.1, 0.15) is 0 Å². The first kappa shape index (κ1) is 34.3. The van der Waals surface area contributed by atoms with Gasteiger partial charge in [0.15, 0.2) is 0 Å². The third-order valence-electron chi connectivity index (χ3n) is 7.20. The van der Waals surface area contributed by atoms with Crippen molar-refractivity contribution in [2.24, 2.45) is 0 Å². The Kier molecular flexibility index (Phi) is 12.5. The van der Waals surface area contributed by atoms with Crippen LogP contribution in [0, 0.1) is 13.8 Å². The van der Waals surface area contributed by atoms with E-state index in [0.29, 0.717) is 22.9 Å². The largest absolute Gasteiger partial charge is 0.255 e. The summed E-state index contributed by atoms with van der Waals surface area (Å²) in [5.41, 5.74) is 3.15. The van der Waals surface area contributed by atoms with Crippen molar-refractivity contribution in [2.45, 2.75) is 62.7 Å². The molecule has 0 aliphatic carbocycles. The Balaban J connectivity index is 1.70. The van der Waals surface area contributed by atoms with E-state index in [4.69, 9.17) is 4.98 Å². The van der Waals surface area contributed by atoms with Crippen molar-refractivity contribution in [3.8, 4) is 0 Å². The van der Waals surface area contributed by atoms with E-state index in [2.05, 4.69) is 0 Å². The summed E-state index contributed by atoms with van der Waals surface area (Å²) < 4.78 is 58.8. The van der Waals surface area contributed by atoms with Gasteiger partial charge in [0.2, 0.25) is 20.0 Å². The van der Waals surface area contributed by atoms with Crippen LogP contribution in [0.15, 0.2) is 76.5 Å². The maximum atomic E-state index is 13.9. The van der Waals surface area contributed by atoms with Crippen molar-refractivity contribution in [2.75, 3.05) is 34.5 Å². The van der Waals surface area contributed by atoms with E-state index < -0.39 is 20.0 Å². The molecule has 2 aromatic carbocycles. The van der Waals surface area contributed by atoms with Crippen molar-refractivity contribution in [3.63, 3.8) is 0 Å². The second-order valence-corrected chi connectivity index (χ2v) is 18.1. The van der Waals surface area contributed by atoms with E-state index in [1.54, 1.807) is 47.8 Å². The van der Waals surface area contributed by atoms with Crippen molar-refractivity contribution in [1.82, 2.24) is 13.6 Å². The normalized spacial score (nSPS) is 21.1. The molecular formula is C31H41N3O4S5. The van der Waals surface area contributed by atoms with Gasteiger partial charge in [0.25, 0.3) is 0 Å². The fraction of sp³-hybridized carbons (Fsp3) is 0.452. The Labute approximate surface area is 270 Å². The van der Waals surface area contributed by atoms with Crippen LogP contribution in [0.3, 0.4) is 0 Å². The molecular weight excluding hydrogens is 639 g/mol. The molecule has 0 saturated heterocycles. The number of thioether (sulfide) groups is 3. The lowest BCUT2D eigenvalue weighted by atomic mass is 10.2. The molecule has 2 bridgehead atoms. The maximum Gasteiger partial charge on any atom is 0.243 e. The minimum absolute atomic E-state index is 0.0939. The van der Waals surface area contributed by atoms with Gasteiger partial charge in [-0.1, -0.05) is 41.5 Å². The Bertz CT molecular complexity index is 1440. The quantitative estimate of drug-likeness (QED) is 0.329. The van der Waals surface area contributed by atoms with Crippen LogP contribution < -0.4 is 0 Å². The molecule has 3 aromatic rings. The minimum Gasteiger partial charge on any atom is -0.255 e. The summed E-state index contributed by atoms with van der Waals surface area (Å²) in [7, 11) is -7.61. The molecule has 234 valence electrons. The van der Waals surface area contributed by atoms with Crippen LogP contribution in [0.2, 0.25) is 0 Å². The third kappa shape index (κ3) is 9.24. The van der Waals surface area contributed by atoms with Gasteiger partial charge in [-0.3, -0.25) is 4.98 Å². The van der Waals surface area contributed by atoms with Crippen molar-refractivity contribution in [1.29, 1.82) is 0 Å². The molecule has 1 aliphatic heterocycles. The van der Waals surface area contributed by atoms with Gasteiger partial charge in [0.05, 0.1) is 34.3 Å². The third-order valence-corrected chi connectivity index (χ3v) is 15.1. The van der Waals surface area contributed by atoms with Crippen LogP contribution in [0.25, 0.3) is 0 Å². The predicted molar refractivity (Wildman–Crippen MR) is 183 cm³/mol. The van der Waals surface area contributed by atoms with Crippen LogP contribution in [-0.2, 0) is 33.1 Å². The molecule has 0 amide bonds. The second kappa shape index (κ2) is 15.6. The molecule has 7 nitrogen and oxygen atoms in total. The van der Waals surface area contributed by atoms with Crippen molar-refractivity contribution in [3.05, 3.63) is 89.2 Å². The highest BCUT2D eigenvalue weighted by Crippen LogP contribution is 2.26. The van der Waals surface area contributed by atoms with Crippen LogP contribution in [0.1, 0.15) is 36.4 Å². The molecule has 2 atom stereocenters. The predicted octanol–water partition coefficient (Wildman–Crippen LogP) is 6.07. The van der Waals surface area contributed by atoms with Gasteiger partial charge in [-0.15, -0.1) is 0 Å². The number of nitrogens with zero attached hydrogens (tertiary/aromatic N) is 3. The smallest absolute Gasteiger partial charge is 0.243 e. The van der Waals surface area contributed by atoms with Crippen LogP contribution >= 0.6 is 35.3 Å². The summed E-state index contributed by atoms with van der Waals surface area (Å²) in [6.45, 7) is 7.95. The number of rotatable bonds is 4.